The zero-order valence-electron chi connectivity index (χ0n) is 38.0. The highest BCUT2D eigenvalue weighted by Crippen LogP contribution is 2.62. The van der Waals surface area contributed by atoms with Gasteiger partial charge in [-0.1, -0.05) is 36.4 Å². The Labute approximate surface area is 389 Å². The highest BCUT2D eigenvalue weighted by Gasteiger charge is 2.52. The Hall–Kier alpha value is -5.94. The van der Waals surface area contributed by atoms with Gasteiger partial charge in [-0.25, -0.2) is 13.6 Å². The molecular formula is C56H60F2N4O5. The number of fused-ring (bicyclic) bond motifs is 2. The average Bonchev–Trinajstić information content (AvgIpc) is 3.28. The van der Waals surface area contributed by atoms with Gasteiger partial charge in [-0.05, 0) is 195 Å². The third kappa shape index (κ3) is 9.89. The molecule has 6 aromatic rings. The number of nitrogens with two attached hydrogens (primary N) is 1. The average molecular weight is 907 g/mol. The Morgan fingerprint density at radius 1 is 0.567 bits per heavy atom. The van der Waals surface area contributed by atoms with Crippen LogP contribution in [-0.4, -0.2) is 16.4 Å². The number of pyridine rings is 1. The van der Waals surface area contributed by atoms with Crippen LogP contribution in [0.1, 0.15) is 101 Å². The van der Waals surface area contributed by atoms with Gasteiger partial charge in [0.2, 0.25) is 11.8 Å². The molecule has 0 spiro atoms. The Kier molecular flexibility index (Phi) is 12.5. The lowest BCUT2D eigenvalue weighted by atomic mass is 9.49. The van der Waals surface area contributed by atoms with E-state index in [0.717, 1.165) is 57.4 Å². The van der Waals surface area contributed by atoms with Gasteiger partial charge in [-0.15, -0.1) is 0 Å². The first-order valence-corrected chi connectivity index (χ1v) is 24.3. The molecule has 14 rings (SSSR count). The molecule has 2 heterocycles. The quantitative estimate of drug-likeness (QED) is 0.132. The number of nitrogens with zero attached hydrogens (tertiary/aromatic N) is 1. The first-order valence-electron chi connectivity index (χ1n) is 24.3. The third-order valence-electron chi connectivity index (χ3n) is 16.1. The summed E-state index contributed by atoms with van der Waals surface area (Å²) in [6.45, 7) is 0.845. The van der Waals surface area contributed by atoms with Crippen molar-refractivity contribution in [3.05, 3.63) is 153 Å². The SMILES string of the molecule is NCc1ccc(F)cc1.O=C(CC12CC3CC(CC(C3)C1)C2)Nc1cccc2c(=O)n(Cc3ccc(F)cc3)ccc12.O=C(CC12CC3CC(CC(C3)C1)C2)Nc1cccc2c(=O)occc12. The van der Waals surface area contributed by atoms with Crippen LogP contribution in [0.15, 0.2) is 124 Å². The van der Waals surface area contributed by atoms with Crippen molar-refractivity contribution >= 4 is 44.7 Å². The van der Waals surface area contributed by atoms with E-state index in [9.17, 15) is 28.0 Å². The number of aromatic nitrogens is 1. The minimum atomic E-state index is -0.366. The zero-order valence-corrected chi connectivity index (χ0v) is 38.0. The monoisotopic (exact) mass is 906 g/mol. The molecule has 11 heteroatoms. The number of rotatable bonds is 9. The maximum absolute atomic E-state index is 13.2. The number of hydrogen-bond acceptors (Lipinski definition) is 6. The van der Waals surface area contributed by atoms with Gasteiger partial charge < -0.3 is 25.4 Å². The number of nitrogens with one attached hydrogen (secondary N) is 2. The van der Waals surface area contributed by atoms with Crippen LogP contribution < -0.4 is 27.6 Å². The lowest BCUT2D eigenvalue weighted by Crippen LogP contribution is -2.47. The first-order chi connectivity index (χ1) is 32.4. The number of hydrogen-bond donors (Lipinski definition) is 3. The number of anilines is 2. The van der Waals surface area contributed by atoms with E-state index in [4.69, 9.17) is 10.2 Å². The van der Waals surface area contributed by atoms with Gasteiger partial charge >= 0.3 is 5.63 Å². The van der Waals surface area contributed by atoms with Crippen LogP contribution in [0, 0.1) is 58.0 Å². The van der Waals surface area contributed by atoms with Crippen LogP contribution >= 0.6 is 0 Å². The van der Waals surface area contributed by atoms with Gasteiger partial charge in [0.05, 0.1) is 18.2 Å². The highest BCUT2D eigenvalue weighted by molar-refractivity contribution is 6.03. The number of carbonyl (C=O) groups is 2. The van der Waals surface area contributed by atoms with Gasteiger partial charge in [0.1, 0.15) is 11.6 Å². The molecule has 0 unspecified atom stereocenters. The van der Waals surface area contributed by atoms with Crippen LogP contribution in [0.4, 0.5) is 20.2 Å². The number of halogens is 2. The van der Waals surface area contributed by atoms with Gasteiger partial charge in [-0.2, -0.15) is 0 Å². The van der Waals surface area contributed by atoms with E-state index in [1.165, 1.54) is 108 Å². The summed E-state index contributed by atoms with van der Waals surface area (Å²) in [5.41, 5.74) is 8.43. The molecule has 8 fully saturated rings. The Morgan fingerprint density at radius 2 is 1.00 bits per heavy atom. The Morgan fingerprint density at radius 3 is 1.46 bits per heavy atom. The molecule has 8 saturated carbocycles. The summed E-state index contributed by atoms with van der Waals surface area (Å²) in [7, 11) is 0. The molecule has 4 N–H and O–H groups in total. The van der Waals surface area contributed by atoms with Gasteiger partial charge in [0, 0.05) is 53.1 Å². The van der Waals surface area contributed by atoms with Crippen LogP contribution in [0.3, 0.4) is 0 Å². The van der Waals surface area contributed by atoms with E-state index in [0.29, 0.717) is 48.1 Å². The summed E-state index contributed by atoms with van der Waals surface area (Å²) in [6, 6.07) is 26.9. The summed E-state index contributed by atoms with van der Waals surface area (Å²) in [4.78, 5) is 50.9. The molecule has 8 aliphatic rings. The molecule has 0 saturated heterocycles. The standard InChI is InChI=1S/C28H29FN2O2.C21H23NO3.C7H8FN/c29-22-6-4-18(5-7-22)17-31-9-8-23-24(27(31)33)2-1-3-25(23)30-26(32)16-28-13-19-10-20(14-28)12-21(11-19)15-28;23-19(12-21-9-13-6-14(10-21)8-15(7-13)11-21)22-18-3-1-2-17-16(18)4-5-25-20(17)24;8-7-3-1-6(5-9)2-4-7/h1-9,19-21H,10-17H2,(H,30,32);1-5,13-15H,6-12H2,(H,22,23);1-4H,5,9H2. The fourth-order valence-corrected chi connectivity index (χ4v) is 14.3. The number of amides is 2. The molecule has 2 amide bonds. The zero-order chi connectivity index (χ0) is 46.3. The van der Waals surface area contributed by atoms with Crippen molar-refractivity contribution in [1.29, 1.82) is 0 Å². The molecular weight excluding hydrogens is 847 g/mol. The van der Waals surface area contributed by atoms with Crippen molar-refractivity contribution < 1.29 is 22.8 Å². The van der Waals surface area contributed by atoms with Crippen LogP contribution in [0.25, 0.3) is 21.5 Å². The van der Waals surface area contributed by atoms with Crippen molar-refractivity contribution in [3.63, 3.8) is 0 Å². The van der Waals surface area contributed by atoms with E-state index in [2.05, 4.69) is 10.6 Å². The topological polar surface area (TPSA) is 136 Å². The fraction of sp³-hybridized carbons (Fsp3) is 0.429. The fourth-order valence-electron chi connectivity index (χ4n) is 14.3. The van der Waals surface area contributed by atoms with Crippen molar-refractivity contribution in [3.8, 4) is 0 Å². The van der Waals surface area contributed by atoms with Gasteiger partial charge in [0.15, 0.2) is 0 Å². The minimum Gasteiger partial charge on any atom is -0.431 e. The highest BCUT2D eigenvalue weighted by atomic mass is 19.1. The second kappa shape index (κ2) is 18.6. The predicted octanol–water partition coefficient (Wildman–Crippen LogP) is 11.4. The predicted molar refractivity (Wildman–Crippen MR) is 258 cm³/mol. The smallest absolute Gasteiger partial charge is 0.343 e. The van der Waals surface area contributed by atoms with E-state index >= 15 is 0 Å². The van der Waals surface area contributed by atoms with Crippen LogP contribution in [0.2, 0.25) is 0 Å². The molecule has 9 nitrogen and oxygen atoms in total. The van der Waals surface area contributed by atoms with Crippen molar-refractivity contribution in [2.45, 2.75) is 103 Å². The lowest BCUT2D eigenvalue weighted by Gasteiger charge is -2.56. The van der Waals surface area contributed by atoms with E-state index in [1.54, 1.807) is 59.3 Å². The summed E-state index contributed by atoms with van der Waals surface area (Å²) >= 11 is 0. The number of benzene rings is 4. The Balaban J connectivity index is 0.000000136. The van der Waals surface area contributed by atoms with Gasteiger partial charge in [-0.3, -0.25) is 14.4 Å². The van der Waals surface area contributed by atoms with Crippen LogP contribution in [0.5, 0.6) is 0 Å². The molecule has 0 atom stereocenters. The van der Waals surface area contributed by atoms with Crippen LogP contribution in [-0.2, 0) is 22.7 Å². The molecule has 8 aliphatic carbocycles. The van der Waals surface area contributed by atoms with E-state index in [-0.39, 0.29) is 45.5 Å². The molecule has 0 aliphatic heterocycles. The minimum absolute atomic E-state index is 0.0694. The van der Waals surface area contributed by atoms with E-state index < -0.39 is 0 Å². The van der Waals surface area contributed by atoms with Crippen molar-refractivity contribution in [2.75, 3.05) is 10.6 Å². The summed E-state index contributed by atoms with van der Waals surface area (Å²) in [6.07, 6.45) is 19.9. The second-order valence-corrected chi connectivity index (χ2v) is 21.2. The molecule has 8 bridgehead atoms. The maximum Gasteiger partial charge on any atom is 0.343 e. The third-order valence-corrected chi connectivity index (χ3v) is 16.1. The second-order valence-electron chi connectivity index (χ2n) is 21.2. The summed E-state index contributed by atoms with van der Waals surface area (Å²) in [5.74, 6) is 4.65. The molecule has 2 aromatic heterocycles. The molecule has 4 aromatic carbocycles. The first kappa shape index (κ1) is 44.9. The van der Waals surface area contributed by atoms with E-state index in [1.807, 2.05) is 24.3 Å². The van der Waals surface area contributed by atoms with Crippen molar-refractivity contribution in [1.82, 2.24) is 4.57 Å². The molecule has 67 heavy (non-hydrogen) atoms. The number of carbonyl (C=O) groups excluding carboxylic acids is 2. The summed E-state index contributed by atoms with van der Waals surface area (Å²) in [5, 5.41) is 8.80. The maximum atomic E-state index is 13.2. The molecule has 348 valence electrons. The van der Waals surface area contributed by atoms with Crippen molar-refractivity contribution in [2.24, 2.45) is 52.1 Å². The largest absolute Gasteiger partial charge is 0.431 e. The summed E-state index contributed by atoms with van der Waals surface area (Å²) < 4.78 is 31.9. The van der Waals surface area contributed by atoms with Gasteiger partial charge in [0.25, 0.3) is 5.56 Å². The Bertz CT molecular complexity index is 2840. The lowest BCUT2D eigenvalue weighted by molar-refractivity contribution is -0.125. The molecule has 0 radical (unpaired) electrons. The normalized spacial score (nSPS) is 27.2.